The highest BCUT2D eigenvalue weighted by molar-refractivity contribution is 6.34. The van der Waals surface area contributed by atoms with Gasteiger partial charge in [-0.05, 0) is 30.2 Å². The molecule has 0 atom stereocenters. The molecule has 0 aromatic heterocycles. The first kappa shape index (κ1) is 17.2. The van der Waals surface area contributed by atoms with Gasteiger partial charge in [-0.25, -0.2) is 5.43 Å². The van der Waals surface area contributed by atoms with Crippen molar-refractivity contribution in [1.29, 1.82) is 0 Å². The number of carbonyl (C=O) groups is 2. The molecular formula is C18H20N4O2. The lowest BCUT2D eigenvalue weighted by molar-refractivity contribution is -0.137. The predicted octanol–water partition coefficient (Wildman–Crippen LogP) is 1.65. The highest BCUT2D eigenvalue weighted by atomic mass is 16.2. The molecule has 0 spiro atoms. The van der Waals surface area contributed by atoms with E-state index in [9.17, 15) is 9.59 Å². The highest BCUT2D eigenvalue weighted by Crippen LogP contribution is 2.17. The van der Waals surface area contributed by atoms with Crippen molar-refractivity contribution in [1.82, 2.24) is 5.43 Å². The molecule has 0 unspecified atom stereocenters. The summed E-state index contributed by atoms with van der Waals surface area (Å²) in [4.78, 5) is 23.8. The van der Waals surface area contributed by atoms with E-state index in [2.05, 4.69) is 34.5 Å². The van der Waals surface area contributed by atoms with Gasteiger partial charge in [-0.3, -0.25) is 9.59 Å². The number of amides is 2. The Morgan fingerprint density at radius 3 is 2.38 bits per heavy atom. The van der Waals surface area contributed by atoms with Gasteiger partial charge in [0.15, 0.2) is 0 Å². The fourth-order valence-electron chi connectivity index (χ4n) is 2.18. The van der Waals surface area contributed by atoms with Crippen LogP contribution in [-0.4, -0.2) is 24.6 Å². The minimum absolute atomic E-state index is 0.805. The Labute approximate surface area is 141 Å². The average Bonchev–Trinajstić information content (AvgIpc) is 2.61. The van der Waals surface area contributed by atoms with Gasteiger partial charge in [0, 0.05) is 18.8 Å². The average molecular weight is 324 g/mol. The van der Waals surface area contributed by atoms with Crippen LogP contribution in [0.25, 0.3) is 0 Å². The molecule has 0 aliphatic carbocycles. The van der Waals surface area contributed by atoms with Crippen molar-refractivity contribution in [3.63, 3.8) is 0 Å². The Morgan fingerprint density at radius 1 is 1.12 bits per heavy atom. The number of hydrogen-bond acceptors (Lipinski definition) is 4. The molecule has 0 aliphatic heterocycles. The maximum Gasteiger partial charge on any atom is 0.329 e. The van der Waals surface area contributed by atoms with Crippen LogP contribution in [0.3, 0.4) is 0 Å². The fraction of sp³-hybridized carbons (Fsp3) is 0.167. The zero-order valence-corrected chi connectivity index (χ0v) is 13.5. The molecule has 0 saturated carbocycles. The number of hydrazone groups is 1. The second-order valence-electron chi connectivity index (χ2n) is 5.15. The number of benzene rings is 2. The number of rotatable bonds is 6. The second kappa shape index (κ2) is 8.47. The number of primary amides is 1. The van der Waals surface area contributed by atoms with Gasteiger partial charge < -0.3 is 10.6 Å². The van der Waals surface area contributed by atoms with E-state index in [0.717, 1.165) is 24.3 Å². The number of nitrogens with one attached hydrogen (secondary N) is 1. The monoisotopic (exact) mass is 324 g/mol. The van der Waals surface area contributed by atoms with Gasteiger partial charge in [0.2, 0.25) is 0 Å². The van der Waals surface area contributed by atoms with Crippen LogP contribution in [0.2, 0.25) is 0 Å². The van der Waals surface area contributed by atoms with Gasteiger partial charge in [-0.15, -0.1) is 0 Å². The van der Waals surface area contributed by atoms with Crippen molar-refractivity contribution in [2.24, 2.45) is 10.8 Å². The SMILES string of the molecule is CCN(Cc1ccccc1)c1ccc(/C=N\NC(=O)C(N)=O)cc1. The Bertz CT molecular complexity index is 712. The van der Waals surface area contributed by atoms with Crippen molar-refractivity contribution in [2.75, 3.05) is 11.4 Å². The summed E-state index contributed by atoms with van der Waals surface area (Å²) in [6, 6.07) is 18.0. The lowest BCUT2D eigenvalue weighted by Crippen LogP contribution is -2.32. The zero-order chi connectivity index (χ0) is 17.4. The molecular weight excluding hydrogens is 304 g/mol. The largest absolute Gasteiger partial charge is 0.367 e. The van der Waals surface area contributed by atoms with Gasteiger partial charge in [-0.1, -0.05) is 42.5 Å². The molecule has 24 heavy (non-hydrogen) atoms. The summed E-state index contributed by atoms with van der Waals surface area (Å²) >= 11 is 0. The predicted molar refractivity (Wildman–Crippen MR) is 94.5 cm³/mol. The van der Waals surface area contributed by atoms with E-state index >= 15 is 0 Å². The van der Waals surface area contributed by atoms with Gasteiger partial charge in [0.25, 0.3) is 0 Å². The summed E-state index contributed by atoms with van der Waals surface area (Å²) in [5.41, 5.74) is 10.0. The van der Waals surface area contributed by atoms with Crippen LogP contribution in [0.15, 0.2) is 59.7 Å². The maximum absolute atomic E-state index is 11.0. The number of nitrogens with two attached hydrogens (primary N) is 1. The lowest BCUT2D eigenvalue weighted by Gasteiger charge is -2.23. The van der Waals surface area contributed by atoms with E-state index in [0.29, 0.717) is 0 Å². The lowest BCUT2D eigenvalue weighted by atomic mass is 10.1. The van der Waals surface area contributed by atoms with Crippen molar-refractivity contribution in [2.45, 2.75) is 13.5 Å². The third-order valence-electron chi connectivity index (χ3n) is 3.46. The third-order valence-corrected chi connectivity index (χ3v) is 3.46. The molecule has 0 bridgehead atoms. The second-order valence-corrected chi connectivity index (χ2v) is 5.15. The van der Waals surface area contributed by atoms with E-state index < -0.39 is 11.8 Å². The highest BCUT2D eigenvalue weighted by Gasteiger charge is 2.06. The van der Waals surface area contributed by atoms with Crippen LogP contribution >= 0.6 is 0 Å². The first-order chi connectivity index (χ1) is 11.6. The summed E-state index contributed by atoms with van der Waals surface area (Å²) in [7, 11) is 0. The van der Waals surface area contributed by atoms with E-state index in [1.165, 1.54) is 11.8 Å². The summed E-state index contributed by atoms with van der Waals surface area (Å²) in [5, 5.41) is 3.69. The quantitative estimate of drug-likeness (QED) is 0.481. The molecule has 3 N–H and O–H groups in total. The molecule has 0 radical (unpaired) electrons. The minimum atomic E-state index is -1.07. The number of carbonyl (C=O) groups excluding carboxylic acids is 2. The molecule has 6 nitrogen and oxygen atoms in total. The molecule has 2 aromatic rings. The summed E-state index contributed by atoms with van der Waals surface area (Å²) < 4.78 is 0. The molecule has 0 saturated heterocycles. The van der Waals surface area contributed by atoms with E-state index in [-0.39, 0.29) is 0 Å². The Hall–Kier alpha value is -3.15. The Morgan fingerprint density at radius 2 is 1.79 bits per heavy atom. The van der Waals surface area contributed by atoms with Crippen LogP contribution in [-0.2, 0) is 16.1 Å². The fourth-order valence-corrected chi connectivity index (χ4v) is 2.18. The molecule has 0 heterocycles. The standard InChI is InChI=1S/C18H20N4O2/c1-2-22(13-15-6-4-3-5-7-15)16-10-8-14(9-11-16)12-20-21-18(24)17(19)23/h3-12H,2,13H2,1H3,(H2,19,23)(H,21,24)/b20-12-. The van der Waals surface area contributed by atoms with Crippen LogP contribution in [0.5, 0.6) is 0 Å². The molecule has 0 fully saturated rings. The van der Waals surface area contributed by atoms with Gasteiger partial charge in [0.05, 0.1) is 6.21 Å². The van der Waals surface area contributed by atoms with Crippen LogP contribution in [0.1, 0.15) is 18.1 Å². The summed E-state index contributed by atoms with van der Waals surface area (Å²) in [6.07, 6.45) is 1.46. The summed E-state index contributed by atoms with van der Waals surface area (Å²) in [5.74, 6) is -2.01. The van der Waals surface area contributed by atoms with Crippen LogP contribution < -0.4 is 16.1 Å². The minimum Gasteiger partial charge on any atom is -0.367 e. The van der Waals surface area contributed by atoms with Gasteiger partial charge >= 0.3 is 11.8 Å². The van der Waals surface area contributed by atoms with Crippen molar-refractivity contribution in [3.05, 3.63) is 65.7 Å². The van der Waals surface area contributed by atoms with E-state index in [1.54, 1.807) is 0 Å². The molecule has 2 aromatic carbocycles. The molecule has 2 amide bonds. The first-order valence-corrected chi connectivity index (χ1v) is 7.62. The number of nitrogens with zero attached hydrogens (tertiary/aromatic N) is 2. The number of hydrogen-bond donors (Lipinski definition) is 2. The molecule has 2 rings (SSSR count). The molecule has 6 heteroatoms. The van der Waals surface area contributed by atoms with E-state index in [1.807, 2.05) is 42.5 Å². The Balaban J connectivity index is 2.00. The Kier molecular flexibility index (Phi) is 6.08. The number of anilines is 1. The smallest absolute Gasteiger partial charge is 0.329 e. The van der Waals surface area contributed by atoms with Crippen molar-refractivity contribution in [3.8, 4) is 0 Å². The first-order valence-electron chi connectivity index (χ1n) is 7.62. The van der Waals surface area contributed by atoms with Crippen molar-refractivity contribution < 1.29 is 9.59 Å². The van der Waals surface area contributed by atoms with Crippen LogP contribution in [0.4, 0.5) is 5.69 Å². The van der Waals surface area contributed by atoms with Crippen LogP contribution in [0, 0.1) is 0 Å². The topological polar surface area (TPSA) is 87.8 Å². The van der Waals surface area contributed by atoms with E-state index in [4.69, 9.17) is 5.73 Å². The zero-order valence-electron chi connectivity index (χ0n) is 13.5. The third kappa shape index (κ3) is 4.95. The van der Waals surface area contributed by atoms with Gasteiger partial charge in [0.1, 0.15) is 0 Å². The molecule has 0 aliphatic rings. The maximum atomic E-state index is 11.0. The summed E-state index contributed by atoms with van der Waals surface area (Å²) in [6.45, 7) is 3.83. The van der Waals surface area contributed by atoms with Crippen molar-refractivity contribution >= 4 is 23.7 Å². The molecule has 124 valence electrons. The van der Waals surface area contributed by atoms with Gasteiger partial charge in [-0.2, -0.15) is 5.10 Å². The normalized spacial score (nSPS) is 10.5.